The summed E-state index contributed by atoms with van der Waals surface area (Å²) >= 11 is 0. The fraction of sp³-hybridized carbons (Fsp3) is 0.231. The summed E-state index contributed by atoms with van der Waals surface area (Å²) < 4.78 is 2.07. The molecule has 7 heteroatoms. The van der Waals surface area contributed by atoms with Gasteiger partial charge in [0.25, 0.3) is 0 Å². The summed E-state index contributed by atoms with van der Waals surface area (Å²) in [5, 5.41) is 0. The van der Waals surface area contributed by atoms with E-state index in [1.165, 1.54) is 17.5 Å². The third kappa shape index (κ3) is 3.46. The summed E-state index contributed by atoms with van der Waals surface area (Å²) in [6.07, 6.45) is 9.09. The van der Waals surface area contributed by atoms with Gasteiger partial charge in [-0.25, -0.2) is 15.0 Å². The van der Waals surface area contributed by atoms with Crippen LogP contribution in [0.4, 0.5) is 5.82 Å². The lowest BCUT2D eigenvalue weighted by Gasteiger charge is -2.12. The number of hydrogen-bond donors (Lipinski definition) is 2. The van der Waals surface area contributed by atoms with Gasteiger partial charge in [-0.3, -0.25) is 9.56 Å². The van der Waals surface area contributed by atoms with Crippen LogP contribution in [0.25, 0.3) is 33.9 Å². The van der Waals surface area contributed by atoms with Crippen LogP contribution in [0, 0.1) is 0 Å². The summed E-state index contributed by atoms with van der Waals surface area (Å²) in [7, 11) is 0. The number of aliphatic imine (C=N–C) groups is 1. The number of rotatable bonds is 4. The predicted molar refractivity (Wildman–Crippen MR) is 132 cm³/mol. The second kappa shape index (κ2) is 7.85. The number of aryl methyl sites for hydroxylation is 2. The number of benzene rings is 1. The first-order valence-electron chi connectivity index (χ1n) is 11.4. The van der Waals surface area contributed by atoms with Gasteiger partial charge in [0.2, 0.25) is 0 Å². The molecule has 1 aliphatic carbocycles. The largest absolute Gasteiger partial charge is 0.397 e. The number of allylic oxidation sites excluding steroid dienone is 1. The minimum Gasteiger partial charge on any atom is -0.397 e. The molecule has 0 atom stereocenters. The maximum atomic E-state index is 6.43. The Balaban J connectivity index is 1.57. The van der Waals surface area contributed by atoms with Crippen LogP contribution in [0.3, 0.4) is 0 Å². The normalized spacial score (nSPS) is 15.8. The van der Waals surface area contributed by atoms with Crippen LogP contribution in [0.1, 0.15) is 36.1 Å². The van der Waals surface area contributed by atoms with Gasteiger partial charge in [-0.15, -0.1) is 0 Å². The molecule has 33 heavy (non-hydrogen) atoms. The summed E-state index contributed by atoms with van der Waals surface area (Å²) in [4.78, 5) is 18.7. The van der Waals surface area contributed by atoms with Crippen molar-refractivity contribution >= 4 is 28.4 Å². The van der Waals surface area contributed by atoms with E-state index < -0.39 is 0 Å². The number of anilines is 1. The third-order valence-corrected chi connectivity index (χ3v) is 6.45. The number of nitrogen functional groups attached to an aromatic ring is 1. The van der Waals surface area contributed by atoms with Crippen molar-refractivity contribution in [3.8, 4) is 17.1 Å². The van der Waals surface area contributed by atoms with Gasteiger partial charge in [-0.05, 0) is 85.7 Å². The van der Waals surface area contributed by atoms with Gasteiger partial charge < -0.3 is 11.5 Å². The van der Waals surface area contributed by atoms with Gasteiger partial charge in [0.15, 0.2) is 11.5 Å². The zero-order valence-corrected chi connectivity index (χ0v) is 18.3. The molecule has 6 rings (SSSR count). The third-order valence-electron chi connectivity index (χ3n) is 6.45. The molecule has 4 heterocycles. The molecule has 0 amide bonds. The fourth-order valence-electron chi connectivity index (χ4n) is 4.78. The van der Waals surface area contributed by atoms with Crippen LogP contribution in [-0.2, 0) is 12.8 Å². The van der Waals surface area contributed by atoms with Crippen molar-refractivity contribution in [2.24, 2.45) is 10.7 Å². The highest BCUT2D eigenvalue weighted by Crippen LogP contribution is 2.33. The first kappa shape index (κ1) is 19.7. The lowest BCUT2D eigenvalue weighted by molar-refractivity contribution is 0.911. The standard InChI is InChI=1S/C26H25N7/c27-21(15-18-6-2-12-29-18)22-10-11-23-26(31-22)33(19-9-8-16-4-1-5-17(16)14-19)25(32-23)20-7-3-13-30-24(20)28/h3,7-11,13-15H,1-2,4-6,12,27H2,(H2,28,30)/b21-15-. The zero-order chi connectivity index (χ0) is 22.4. The maximum Gasteiger partial charge on any atom is 0.165 e. The van der Waals surface area contributed by atoms with E-state index in [-0.39, 0.29) is 0 Å². The lowest BCUT2D eigenvalue weighted by Crippen LogP contribution is -2.05. The summed E-state index contributed by atoms with van der Waals surface area (Å²) in [5.74, 6) is 1.16. The molecule has 2 aliphatic rings. The Morgan fingerprint density at radius 1 is 0.970 bits per heavy atom. The molecular weight excluding hydrogens is 410 g/mol. The summed E-state index contributed by atoms with van der Waals surface area (Å²) in [5.41, 5.74) is 21.2. The molecule has 0 saturated carbocycles. The van der Waals surface area contributed by atoms with Gasteiger partial charge in [0.1, 0.15) is 11.3 Å². The van der Waals surface area contributed by atoms with Crippen LogP contribution in [0.15, 0.2) is 59.7 Å². The van der Waals surface area contributed by atoms with E-state index in [2.05, 4.69) is 32.7 Å². The zero-order valence-electron chi connectivity index (χ0n) is 18.3. The van der Waals surface area contributed by atoms with E-state index in [9.17, 15) is 0 Å². The van der Waals surface area contributed by atoms with E-state index in [4.69, 9.17) is 21.4 Å². The molecule has 4 aromatic rings. The van der Waals surface area contributed by atoms with Crippen molar-refractivity contribution in [1.82, 2.24) is 19.5 Å². The average Bonchev–Trinajstić information content (AvgIpc) is 3.58. The highest BCUT2D eigenvalue weighted by atomic mass is 15.1. The van der Waals surface area contributed by atoms with Crippen molar-refractivity contribution in [2.45, 2.75) is 32.1 Å². The smallest absolute Gasteiger partial charge is 0.165 e. The van der Waals surface area contributed by atoms with E-state index in [0.717, 1.165) is 66.2 Å². The van der Waals surface area contributed by atoms with Crippen LogP contribution in [0.5, 0.6) is 0 Å². The van der Waals surface area contributed by atoms with E-state index in [0.29, 0.717) is 17.2 Å². The Kier molecular flexibility index (Phi) is 4.68. The lowest BCUT2D eigenvalue weighted by atomic mass is 10.1. The van der Waals surface area contributed by atoms with E-state index >= 15 is 0 Å². The van der Waals surface area contributed by atoms with Crippen LogP contribution in [-0.4, -0.2) is 31.8 Å². The van der Waals surface area contributed by atoms with Crippen molar-refractivity contribution in [3.63, 3.8) is 0 Å². The molecule has 7 nitrogen and oxygen atoms in total. The minimum atomic E-state index is 0.439. The maximum absolute atomic E-state index is 6.43. The van der Waals surface area contributed by atoms with Crippen LogP contribution in [0.2, 0.25) is 0 Å². The van der Waals surface area contributed by atoms with Gasteiger partial charge >= 0.3 is 0 Å². The molecule has 3 aromatic heterocycles. The number of fused-ring (bicyclic) bond motifs is 2. The number of nitrogens with zero attached hydrogens (tertiary/aromatic N) is 5. The summed E-state index contributed by atoms with van der Waals surface area (Å²) in [6, 6.07) is 14.3. The van der Waals surface area contributed by atoms with Crippen molar-refractivity contribution in [1.29, 1.82) is 0 Å². The number of hydrogen-bond acceptors (Lipinski definition) is 6. The molecule has 4 N–H and O–H groups in total. The van der Waals surface area contributed by atoms with Gasteiger partial charge in [0, 0.05) is 24.1 Å². The van der Waals surface area contributed by atoms with E-state index in [1.54, 1.807) is 6.20 Å². The molecular formula is C26H25N7. The molecule has 0 fully saturated rings. The van der Waals surface area contributed by atoms with Crippen molar-refractivity contribution in [3.05, 3.63) is 71.6 Å². The highest BCUT2D eigenvalue weighted by molar-refractivity contribution is 6.01. The quantitative estimate of drug-likeness (QED) is 0.502. The van der Waals surface area contributed by atoms with Crippen LogP contribution >= 0.6 is 0 Å². The molecule has 0 spiro atoms. The highest BCUT2D eigenvalue weighted by Gasteiger charge is 2.20. The molecule has 1 aliphatic heterocycles. The monoisotopic (exact) mass is 435 g/mol. The predicted octanol–water partition coefficient (Wildman–Crippen LogP) is 4.09. The Morgan fingerprint density at radius 2 is 1.88 bits per heavy atom. The van der Waals surface area contributed by atoms with Crippen molar-refractivity contribution < 1.29 is 0 Å². The molecule has 0 unspecified atom stereocenters. The minimum absolute atomic E-state index is 0.439. The number of imidazole rings is 1. The van der Waals surface area contributed by atoms with Gasteiger partial charge in [0.05, 0.1) is 17.0 Å². The first-order valence-corrected chi connectivity index (χ1v) is 11.4. The summed E-state index contributed by atoms with van der Waals surface area (Å²) in [6.45, 7) is 0.868. The molecule has 0 saturated heterocycles. The first-order chi connectivity index (χ1) is 16.2. The molecule has 0 radical (unpaired) electrons. The van der Waals surface area contributed by atoms with E-state index in [1.807, 2.05) is 30.3 Å². The number of nitrogens with two attached hydrogens (primary N) is 2. The number of pyridine rings is 2. The molecule has 164 valence electrons. The topological polar surface area (TPSA) is 108 Å². The van der Waals surface area contributed by atoms with Crippen LogP contribution < -0.4 is 11.5 Å². The second-order valence-electron chi connectivity index (χ2n) is 8.63. The average molecular weight is 436 g/mol. The Bertz CT molecular complexity index is 1440. The molecule has 0 bridgehead atoms. The fourth-order valence-corrected chi connectivity index (χ4v) is 4.78. The van der Waals surface area contributed by atoms with Gasteiger partial charge in [-0.2, -0.15) is 0 Å². The number of aromatic nitrogens is 4. The second-order valence-corrected chi connectivity index (χ2v) is 8.63. The Morgan fingerprint density at radius 3 is 2.73 bits per heavy atom. The SMILES string of the molecule is N/C(=C\C1=NCCC1)c1ccc2nc(-c3cccnc3N)n(-c3ccc4c(c3)CCC4)c2n1. The van der Waals surface area contributed by atoms with Crippen molar-refractivity contribution in [2.75, 3.05) is 12.3 Å². The molecule has 1 aromatic carbocycles. The Labute approximate surface area is 191 Å². The van der Waals surface area contributed by atoms with Gasteiger partial charge in [-0.1, -0.05) is 6.07 Å². The Hall–Kier alpha value is -4.00.